The summed E-state index contributed by atoms with van der Waals surface area (Å²) in [6, 6.07) is -0.877. The van der Waals surface area contributed by atoms with Crippen molar-refractivity contribution in [1.29, 1.82) is 0 Å². The molecule has 1 atom stereocenters. The molecule has 108 valence electrons. The van der Waals surface area contributed by atoms with Gasteiger partial charge in [0.05, 0.1) is 6.54 Å². The Morgan fingerprint density at radius 2 is 2.00 bits per heavy atom. The highest BCUT2D eigenvalue weighted by Crippen LogP contribution is 2.11. The zero-order valence-electron chi connectivity index (χ0n) is 11.4. The van der Waals surface area contributed by atoms with Crippen LogP contribution in [0.3, 0.4) is 0 Å². The number of likely N-dealkylation sites (tertiary alicyclic amines) is 1. The Bertz CT molecular complexity index is 344. The summed E-state index contributed by atoms with van der Waals surface area (Å²) < 4.78 is 0. The molecule has 2 N–H and O–H groups in total. The quantitative estimate of drug-likeness (QED) is 0.772. The molecule has 1 aliphatic heterocycles. The molecule has 0 saturated carbocycles. The molecule has 1 rings (SSSR count). The van der Waals surface area contributed by atoms with Gasteiger partial charge in [0.15, 0.2) is 0 Å². The second-order valence-corrected chi connectivity index (χ2v) is 4.85. The second-order valence-electron chi connectivity index (χ2n) is 4.85. The average molecular weight is 270 g/mol. The first kappa shape index (κ1) is 15.5. The lowest BCUT2D eigenvalue weighted by atomic mass is 10.1. The maximum Gasteiger partial charge on any atom is 0.326 e. The second kappa shape index (κ2) is 7.76. The minimum absolute atomic E-state index is 0.0155. The Morgan fingerprint density at radius 1 is 1.32 bits per heavy atom. The topological polar surface area (TPSA) is 86.7 Å². The summed E-state index contributed by atoms with van der Waals surface area (Å²) in [4.78, 5) is 35.9. The van der Waals surface area contributed by atoms with E-state index in [-0.39, 0.29) is 12.5 Å². The molecule has 0 aliphatic carbocycles. The van der Waals surface area contributed by atoms with Crippen molar-refractivity contribution in [3.63, 3.8) is 0 Å². The smallest absolute Gasteiger partial charge is 0.326 e. The summed E-state index contributed by atoms with van der Waals surface area (Å²) in [5.74, 6) is -1.46. The number of nitrogens with one attached hydrogen (secondary N) is 1. The normalized spacial score (nSPS) is 18.4. The molecule has 1 unspecified atom stereocenters. The van der Waals surface area contributed by atoms with Gasteiger partial charge in [-0.1, -0.05) is 19.8 Å². The number of nitrogens with zero attached hydrogens (tertiary/aromatic N) is 1. The molecule has 19 heavy (non-hydrogen) atoms. The van der Waals surface area contributed by atoms with Gasteiger partial charge in [-0.2, -0.15) is 0 Å². The van der Waals surface area contributed by atoms with Gasteiger partial charge < -0.3 is 15.3 Å². The van der Waals surface area contributed by atoms with E-state index in [0.29, 0.717) is 19.4 Å². The van der Waals surface area contributed by atoms with Gasteiger partial charge in [0, 0.05) is 13.0 Å². The van der Waals surface area contributed by atoms with E-state index >= 15 is 0 Å². The van der Waals surface area contributed by atoms with Gasteiger partial charge in [0.1, 0.15) is 6.04 Å². The Balaban J connectivity index is 2.49. The lowest BCUT2D eigenvalue weighted by Gasteiger charge is -2.25. The van der Waals surface area contributed by atoms with Crippen molar-refractivity contribution >= 4 is 17.8 Å². The number of carbonyl (C=O) groups is 3. The molecule has 0 radical (unpaired) electrons. The number of carboxylic acids is 1. The molecule has 6 nitrogen and oxygen atoms in total. The number of aliphatic carboxylic acids is 1. The predicted octanol–water partition coefficient (Wildman–Crippen LogP) is 0.758. The van der Waals surface area contributed by atoms with E-state index < -0.39 is 17.9 Å². The van der Waals surface area contributed by atoms with Crippen LogP contribution < -0.4 is 5.32 Å². The standard InChI is InChI=1S/C13H22N2O4/c1-2-10(13(18)19)14-11(16)9-15-8-6-4-3-5-7-12(15)17/h10H,2-9H2,1H3,(H,14,16)(H,18,19). The maximum absolute atomic E-state index is 11.8. The van der Waals surface area contributed by atoms with Crippen LogP contribution in [0.2, 0.25) is 0 Å². The van der Waals surface area contributed by atoms with Crippen LogP contribution in [0.5, 0.6) is 0 Å². The van der Waals surface area contributed by atoms with Crippen LogP contribution in [0.15, 0.2) is 0 Å². The zero-order valence-corrected chi connectivity index (χ0v) is 11.4. The molecule has 2 amide bonds. The minimum Gasteiger partial charge on any atom is -0.480 e. The Kier molecular flexibility index (Phi) is 6.32. The lowest BCUT2D eigenvalue weighted by Crippen LogP contribution is -2.47. The number of rotatable bonds is 5. The van der Waals surface area contributed by atoms with Crippen molar-refractivity contribution in [1.82, 2.24) is 10.2 Å². The van der Waals surface area contributed by atoms with E-state index in [1.165, 1.54) is 4.90 Å². The summed E-state index contributed by atoms with van der Waals surface area (Å²) in [6.07, 6.45) is 4.69. The summed E-state index contributed by atoms with van der Waals surface area (Å²) in [5, 5.41) is 11.3. The first-order valence-electron chi connectivity index (χ1n) is 6.84. The molecular formula is C13H22N2O4. The fourth-order valence-electron chi connectivity index (χ4n) is 2.13. The van der Waals surface area contributed by atoms with Crippen LogP contribution >= 0.6 is 0 Å². The summed E-state index contributed by atoms with van der Waals surface area (Å²) in [5.41, 5.74) is 0. The minimum atomic E-state index is -1.05. The summed E-state index contributed by atoms with van der Waals surface area (Å²) in [7, 11) is 0. The Hall–Kier alpha value is -1.59. The van der Waals surface area contributed by atoms with Crippen LogP contribution in [-0.4, -0.2) is 46.9 Å². The number of hydrogen-bond donors (Lipinski definition) is 2. The van der Waals surface area contributed by atoms with Gasteiger partial charge in [-0.25, -0.2) is 4.79 Å². The first-order valence-corrected chi connectivity index (χ1v) is 6.84. The molecule has 0 aromatic heterocycles. The van der Waals surface area contributed by atoms with E-state index in [1.807, 2.05) is 0 Å². The highest BCUT2D eigenvalue weighted by molar-refractivity contribution is 5.87. The van der Waals surface area contributed by atoms with Gasteiger partial charge in [-0.15, -0.1) is 0 Å². The molecular weight excluding hydrogens is 248 g/mol. The van der Waals surface area contributed by atoms with Crippen LogP contribution in [0.25, 0.3) is 0 Å². The third kappa shape index (κ3) is 5.28. The van der Waals surface area contributed by atoms with Crippen molar-refractivity contribution in [3.8, 4) is 0 Å². The van der Waals surface area contributed by atoms with E-state index in [9.17, 15) is 14.4 Å². The molecule has 0 spiro atoms. The number of carboxylic acid groups (broad SMARTS) is 1. The number of hydrogen-bond acceptors (Lipinski definition) is 3. The number of carbonyl (C=O) groups excluding carboxylic acids is 2. The van der Waals surface area contributed by atoms with Gasteiger partial charge in [-0.3, -0.25) is 9.59 Å². The third-order valence-electron chi connectivity index (χ3n) is 3.30. The fraction of sp³-hybridized carbons (Fsp3) is 0.769. The van der Waals surface area contributed by atoms with Gasteiger partial charge in [0.25, 0.3) is 0 Å². The van der Waals surface area contributed by atoms with Crippen molar-refractivity contribution in [2.75, 3.05) is 13.1 Å². The lowest BCUT2D eigenvalue weighted by molar-refractivity contribution is -0.142. The zero-order chi connectivity index (χ0) is 14.3. The molecule has 0 aromatic rings. The van der Waals surface area contributed by atoms with Crippen LogP contribution in [0, 0.1) is 0 Å². The Morgan fingerprint density at radius 3 is 2.63 bits per heavy atom. The van der Waals surface area contributed by atoms with E-state index in [1.54, 1.807) is 6.92 Å². The molecule has 6 heteroatoms. The molecule has 0 aromatic carbocycles. The summed E-state index contributed by atoms with van der Waals surface area (Å²) >= 11 is 0. The number of amides is 2. The van der Waals surface area contributed by atoms with Crippen molar-refractivity contribution in [2.24, 2.45) is 0 Å². The van der Waals surface area contributed by atoms with Crippen molar-refractivity contribution in [3.05, 3.63) is 0 Å². The molecule has 1 saturated heterocycles. The van der Waals surface area contributed by atoms with Crippen LogP contribution in [-0.2, 0) is 14.4 Å². The Labute approximate surface area is 113 Å². The average Bonchev–Trinajstić information content (AvgIpc) is 2.35. The fourth-order valence-corrected chi connectivity index (χ4v) is 2.13. The van der Waals surface area contributed by atoms with Gasteiger partial charge in [-0.05, 0) is 19.3 Å². The predicted molar refractivity (Wildman–Crippen MR) is 69.5 cm³/mol. The SMILES string of the molecule is CCC(NC(=O)CN1CCCCCCC1=O)C(=O)O. The van der Waals surface area contributed by atoms with E-state index in [2.05, 4.69) is 5.32 Å². The van der Waals surface area contributed by atoms with Crippen molar-refractivity contribution in [2.45, 2.75) is 51.5 Å². The van der Waals surface area contributed by atoms with Crippen molar-refractivity contribution < 1.29 is 19.5 Å². The highest BCUT2D eigenvalue weighted by atomic mass is 16.4. The molecule has 1 heterocycles. The summed E-state index contributed by atoms with van der Waals surface area (Å²) in [6.45, 7) is 2.24. The van der Waals surface area contributed by atoms with Crippen LogP contribution in [0.4, 0.5) is 0 Å². The van der Waals surface area contributed by atoms with Crippen LogP contribution in [0.1, 0.15) is 45.4 Å². The maximum atomic E-state index is 11.8. The monoisotopic (exact) mass is 270 g/mol. The molecule has 1 fully saturated rings. The van der Waals surface area contributed by atoms with E-state index in [4.69, 9.17) is 5.11 Å². The first-order chi connectivity index (χ1) is 9.04. The molecule has 0 bridgehead atoms. The van der Waals surface area contributed by atoms with Gasteiger partial charge in [0.2, 0.25) is 11.8 Å². The highest BCUT2D eigenvalue weighted by Gasteiger charge is 2.22. The van der Waals surface area contributed by atoms with Gasteiger partial charge >= 0.3 is 5.97 Å². The third-order valence-corrected chi connectivity index (χ3v) is 3.30. The molecule has 1 aliphatic rings. The largest absolute Gasteiger partial charge is 0.480 e. The van der Waals surface area contributed by atoms with E-state index in [0.717, 1.165) is 25.7 Å².